The van der Waals surface area contributed by atoms with Crippen LogP contribution in [-0.4, -0.2) is 24.0 Å². The van der Waals surface area contributed by atoms with Crippen molar-refractivity contribution < 1.29 is 9.53 Å². The summed E-state index contributed by atoms with van der Waals surface area (Å²) in [5, 5.41) is 4.37. The van der Waals surface area contributed by atoms with Gasteiger partial charge in [-0.2, -0.15) is 0 Å². The van der Waals surface area contributed by atoms with Crippen LogP contribution in [-0.2, 0) is 17.6 Å². The molecule has 0 unspecified atom stereocenters. The average Bonchev–Trinajstić information content (AvgIpc) is 2.84. The van der Waals surface area contributed by atoms with Crippen LogP contribution in [0.25, 0.3) is 10.9 Å². The Kier molecular flexibility index (Phi) is 3.62. The molecule has 21 heavy (non-hydrogen) atoms. The second-order valence-corrected chi connectivity index (χ2v) is 6.10. The van der Waals surface area contributed by atoms with Crippen molar-refractivity contribution in [3.05, 3.63) is 29.5 Å². The summed E-state index contributed by atoms with van der Waals surface area (Å²) in [4.78, 5) is 15.4. The lowest BCUT2D eigenvalue weighted by Crippen LogP contribution is -2.40. The minimum absolute atomic E-state index is 0.0365. The van der Waals surface area contributed by atoms with Crippen LogP contribution in [0, 0.1) is 5.92 Å². The number of nitrogens with one attached hydrogen (secondary N) is 2. The van der Waals surface area contributed by atoms with Crippen LogP contribution in [0.4, 0.5) is 0 Å². The summed E-state index contributed by atoms with van der Waals surface area (Å²) in [6, 6.07) is 6.35. The number of benzene rings is 1. The summed E-state index contributed by atoms with van der Waals surface area (Å²) in [6.07, 6.45) is 2.87. The van der Waals surface area contributed by atoms with Gasteiger partial charge in [0.2, 0.25) is 5.91 Å². The van der Waals surface area contributed by atoms with E-state index in [0.29, 0.717) is 0 Å². The number of aryl methyl sites for hydroxylation is 1. The minimum atomic E-state index is 0.0365. The highest BCUT2D eigenvalue weighted by atomic mass is 16.5. The topological polar surface area (TPSA) is 54.1 Å². The van der Waals surface area contributed by atoms with Crippen molar-refractivity contribution in [1.29, 1.82) is 0 Å². The number of rotatable bonds is 3. The lowest BCUT2D eigenvalue weighted by atomic mass is 9.91. The molecule has 0 aliphatic heterocycles. The van der Waals surface area contributed by atoms with E-state index in [1.807, 2.05) is 19.9 Å². The first kappa shape index (κ1) is 14.0. The number of hydrogen-bond donors (Lipinski definition) is 2. The zero-order chi connectivity index (χ0) is 15.0. The molecular weight excluding hydrogens is 264 g/mol. The van der Waals surface area contributed by atoms with Gasteiger partial charge in [-0.15, -0.1) is 0 Å². The van der Waals surface area contributed by atoms with E-state index in [4.69, 9.17) is 4.74 Å². The van der Waals surface area contributed by atoms with Gasteiger partial charge in [-0.05, 0) is 43.0 Å². The van der Waals surface area contributed by atoms with Crippen LogP contribution in [0.2, 0.25) is 0 Å². The summed E-state index contributed by atoms with van der Waals surface area (Å²) in [5.74, 6) is 1.05. The van der Waals surface area contributed by atoms with E-state index in [9.17, 15) is 4.79 Å². The lowest BCUT2D eigenvalue weighted by Gasteiger charge is -2.24. The highest BCUT2D eigenvalue weighted by molar-refractivity contribution is 5.86. The molecule has 1 atom stereocenters. The van der Waals surface area contributed by atoms with E-state index in [1.165, 1.54) is 16.6 Å². The third kappa shape index (κ3) is 2.62. The minimum Gasteiger partial charge on any atom is -0.497 e. The number of carbonyl (C=O) groups excluding carboxylic acids is 1. The maximum atomic E-state index is 11.9. The average molecular weight is 286 g/mol. The fourth-order valence-corrected chi connectivity index (χ4v) is 3.01. The molecule has 112 valence electrons. The molecule has 0 bridgehead atoms. The molecule has 0 spiro atoms. The van der Waals surface area contributed by atoms with E-state index in [-0.39, 0.29) is 17.9 Å². The van der Waals surface area contributed by atoms with E-state index in [1.54, 1.807) is 7.11 Å². The van der Waals surface area contributed by atoms with Crippen molar-refractivity contribution in [3.63, 3.8) is 0 Å². The van der Waals surface area contributed by atoms with E-state index >= 15 is 0 Å². The van der Waals surface area contributed by atoms with Crippen LogP contribution in [0.3, 0.4) is 0 Å². The van der Waals surface area contributed by atoms with Gasteiger partial charge in [0, 0.05) is 28.6 Å². The summed E-state index contributed by atoms with van der Waals surface area (Å²) in [5.41, 5.74) is 3.77. The van der Waals surface area contributed by atoms with Gasteiger partial charge >= 0.3 is 0 Å². The van der Waals surface area contributed by atoms with Gasteiger partial charge in [0.05, 0.1) is 7.11 Å². The number of methoxy groups -OCH3 is 1. The predicted molar refractivity (Wildman–Crippen MR) is 83.6 cm³/mol. The fraction of sp³-hybridized carbons (Fsp3) is 0.471. The molecule has 1 aliphatic carbocycles. The third-order valence-corrected chi connectivity index (χ3v) is 4.27. The summed E-state index contributed by atoms with van der Waals surface area (Å²) >= 11 is 0. The Labute approximate surface area is 124 Å². The SMILES string of the molecule is COc1ccc2[nH]c3c(c2c1)C[C@@H](NC(=O)C(C)C)CC3. The normalized spacial score (nSPS) is 17.8. The summed E-state index contributed by atoms with van der Waals surface area (Å²) < 4.78 is 5.32. The quantitative estimate of drug-likeness (QED) is 0.911. The molecule has 1 aromatic heterocycles. The second-order valence-electron chi connectivity index (χ2n) is 6.10. The smallest absolute Gasteiger partial charge is 0.222 e. The molecule has 2 N–H and O–H groups in total. The highest BCUT2D eigenvalue weighted by Crippen LogP contribution is 2.31. The number of aromatic nitrogens is 1. The Bertz CT molecular complexity index is 673. The zero-order valence-electron chi connectivity index (χ0n) is 12.8. The number of amides is 1. The molecule has 3 rings (SSSR count). The van der Waals surface area contributed by atoms with Crippen LogP contribution < -0.4 is 10.1 Å². The second kappa shape index (κ2) is 5.43. The Morgan fingerprint density at radius 2 is 2.24 bits per heavy atom. The van der Waals surface area contributed by atoms with Crippen molar-refractivity contribution in [1.82, 2.24) is 10.3 Å². The Morgan fingerprint density at radius 3 is 2.95 bits per heavy atom. The summed E-state index contributed by atoms with van der Waals surface area (Å²) in [6.45, 7) is 3.86. The molecule has 4 nitrogen and oxygen atoms in total. The number of aromatic amines is 1. The maximum Gasteiger partial charge on any atom is 0.222 e. The van der Waals surface area contributed by atoms with E-state index in [0.717, 1.165) is 30.5 Å². The number of fused-ring (bicyclic) bond motifs is 3. The molecule has 1 heterocycles. The van der Waals surface area contributed by atoms with Gasteiger partial charge in [-0.3, -0.25) is 4.79 Å². The molecule has 0 fully saturated rings. The maximum absolute atomic E-state index is 11.9. The van der Waals surface area contributed by atoms with Crippen molar-refractivity contribution in [3.8, 4) is 5.75 Å². The first-order chi connectivity index (χ1) is 10.1. The van der Waals surface area contributed by atoms with Gasteiger partial charge in [0.1, 0.15) is 5.75 Å². The number of hydrogen-bond acceptors (Lipinski definition) is 2. The van der Waals surface area contributed by atoms with Crippen LogP contribution in [0.1, 0.15) is 31.5 Å². The van der Waals surface area contributed by atoms with Crippen LogP contribution >= 0.6 is 0 Å². The van der Waals surface area contributed by atoms with Crippen molar-refractivity contribution in [2.75, 3.05) is 7.11 Å². The Morgan fingerprint density at radius 1 is 1.43 bits per heavy atom. The fourth-order valence-electron chi connectivity index (χ4n) is 3.01. The van der Waals surface area contributed by atoms with E-state index < -0.39 is 0 Å². The molecule has 1 aliphatic rings. The van der Waals surface area contributed by atoms with Crippen molar-refractivity contribution >= 4 is 16.8 Å². The molecule has 2 aromatic rings. The molecule has 0 radical (unpaired) electrons. The van der Waals surface area contributed by atoms with Crippen molar-refractivity contribution in [2.45, 2.75) is 39.2 Å². The Hall–Kier alpha value is -1.97. The highest BCUT2D eigenvalue weighted by Gasteiger charge is 2.24. The zero-order valence-corrected chi connectivity index (χ0v) is 12.8. The lowest BCUT2D eigenvalue weighted by molar-refractivity contribution is -0.124. The molecule has 1 amide bonds. The van der Waals surface area contributed by atoms with Gasteiger partial charge in [-0.1, -0.05) is 13.8 Å². The standard InChI is InChI=1S/C17H22N2O2/c1-10(2)17(20)18-11-4-6-15-13(8-11)14-9-12(21-3)5-7-16(14)19-15/h5,7,9-11,19H,4,6,8H2,1-3H3,(H,18,20)/t11-/m0/s1. The largest absolute Gasteiger partial charge is 0.497 e. The Balaban J connectivity index is 1.88. The van der Waals surface area contributed by atoms with Gasteiger partial charge in [0.25, 0.3) is 0 Å². The molecule has 1 aromatic carbocycles. The summed E-state index contributed by atoms with van der Waals surface area (Å²) in [7, 11) is 1.69. The first-order valence-corrected chi connectivity index (χ1v) is 7.56. The van der Waals surface area contributed by atoms with Gasteiger partial charge < -0.3 is 15.0 Å². The number of H-pyrrole nitrogens is 1. The monoisotopic (exact) mass is 286 g/mol. The van der Waals surface area contributed by atoms with Crippen LogP contribution in [0.5, 0.6) is 5.75 Å². The predicted octanol–water partition coefficient (Wildman–Crippen LogP) is 2.81. The number of carbonyl (C=O) groups is 1. The van der Waals surface area contributed by atoms with Crippen LogP contribution in [0.15, 0.2) is 18.2 Å². The third-order valence-electron chi connectivity index (χ3n) is 4.27. The molecule has 0 saturated heterocycles. The van der Waals surface area contributed by atoms with Gasteiger partial charge in [-0.25, -0.2) is 0 Å². The molecular formula is C17H22N2O2. The van der Waals surface area contributed by atoms with Gasteiger partial charge in [0.15, 0.2) is 0 Å². The van der Waals surface area contributed by atoms with E-state index in [2.05, 4.69) is 22.4 Å². The molecule has 4 heteroatoms. The first-order valence-electron chi connectivity index (χ1n) is 7.56. The molecule has 0 saturated carbocycles. The van der Waals surface area contributed by atoms with Crippen molar-refractivity contribution in [2.24, 2.45) is 5.92 Å². The number of ether oxygens (including phenoxy) is 1.